The van der Waals surface area contributed by atoms with Crippen LogP contribution in [0.5, 0.6) is 17.2 Å². The molecule has 2 aromatic heterocycles. The molecular formula is C11H9ClN2O2. The minimum absolute atomic E-state index is 0.383. The van der Waals surface area contributed by atoms with Crippen molar-refractivity contribution in [2.24, 2.45) is 0 Å². The maximum atomic E-state index is 5.74. The van der Waals surface area contributed by atoms with Gasteiger partial charge in [-0.15, -0.1) is 0 Å². The van der Waals surface area contributed by atoms with Gasteiger partial charge >= 0.3 is 0 Å². The van der Waals surface area contributed by atoms with Crippen LogP contribution in [0.25, 0.3) is 0 Å². The van der Waals surface area contributed by atoms with Crippen LogP contribution in [0.1, 0.15) is 0 Å². The SMILES string of the molecule is COc1cncc(Oc2ccnc(Cl)c2)c1. The fourth-order valence-electron chi connectivity index (χ4n) is 1.15. The Labute approximate surface area is 97.8 Å². The van der Waals surface area contributed by atoms with E-state index in [0.29, 0.717) is 22.4 Å². The van der Waals surface area contributed by atoms with Crippen molar-refractivity contribution >= 4 is 11.6 Å². The highest BCUT2D eigenvalue weighted by atomic mass is 35.5. The molecule has 5 heteroatoms. The lowest BCUT2D eigenvalue weighted by Crippen LogP contribution is -1.88. The van der Waals surface area contributed by atoms with Crippen molar-refractivity contribution in [3.63, 3.8) is 0 Å². The molecule has 0 saturated carbocycles. The molecule has 0 amide bonds. The van der Waals surface area contributed by atoms with Crippen LogP contribution in [-0.4, -0.2) is 17.1 Å². The van der Waals surface area contributed by atoms with Crippen LogP contribution in [0, 0.1) is 0 Å². The van der Waals surface area contributed by atoms with E-state index in [1.165, 1.54) is 0 Å². The number of aromatic nitrogens is 2. The van der Waals surface area contributed by atoms with E-state index in [1.807, 2.05) is 0 Å². The van der Waals surface area contributed by atoms with E-state index in [-0.39, 0.29) is 0 Å². The van der Waals surface area contributed by atoms with E-state index < -0.39 is 0 Å². The maximum Gasteiger partial charge on any atom is 0.149 e. The van der Waals surface area contributed by atoms with Gasteiger partial charge in [0.15, 0.2) is 0 Å². The Morgan fingerprint density at radius 2 is 1.94 bits per heavy atom. The topological polar surface area (TPSA) is 44.2 Å². The van der Waals surface area contributed by atoms with Crippen LogP contribution in [-0.2, 0) is 0 Å². The first-order chi connectivity index (χ1) is 7.78. The summed E-state index contributed by atoms with van der Waals surface area (Å²) in [6.45, 7) is 0. The van der Waals surface area contributed by atoms with Gasteiger partial charge in [0.1, 0.15) is 22.4 Å². The molecule has 0 aromatic carbocycles. The molecule has 16 heavy (non-hydrogen) atoms. The molecule has 2 rings (SSSR count). The number of rotatable bonds is 3. The third kappa shape index (κ3) is 2.61. The highest BCUT2D eigenvalue weighted by Gasteiger charge is 2.00. The minimum atomic E-state index is 0.383. The zero-order valence-electron chi connectivity index (χ0n) is 8.55. The molecule has 0 aliphatic heterocycles. The van der Waals surface area contributed by atoms with Crippen molar-refractivity contribution < 1.29 is 9.47 Å². The van der Waals surface area contributed by atoms with Crippen LogP contribution >= 0.6 is 11.6 Å². The molecule has 0 atom stereocenters. The van der Waals surface area contributed by atoms with Crippen molar-refractivity contribution in [1.82, 2.24) is 9.97 Å². The Hall–Kier alpha value is -1.81. The molecule has 0 fully saturated rings. The fourth-order valence-corrected chi connectivity index (χ4v) is 1.31. The summed E-state index contributed by atoms with van der Waals surface area (Å²) >= 11 is 5.74. The van der Waals surface area contributed by atoms with Crippen LogP contribution in [0.4, 0.5) is 0 Å². The molecule has 4 nitrogen and oxygen atoms in total. The van der Waals surface area contributed by atoms with Gasteiger partial charge < -0.3 is 9.47 Å². The molecule has 0 aliphatic carbocycles. The largest absolute Gasteiger partial charge is 0.495 e. The summed E-state index contributed by atoms with van der Waals surface area (Å²) < 4.78 is 10.6. The summed E-state index contributed by atoms with van der Waals surface area (Å²) in [7, 11) is 1.57. The average Bonchev–Trinajstić information content (AvgIpc) is 2.29. The van der Waals surface area contributed by atoms with Gasteiger partial charge in [-0.3, -0.25) is 4.98 Å². The quantitative estimate of drug-likeness (QED) is 0.769. The molecule has 0 saturated heterocycles. The van der Waals surface area contributed by atoms with Gasteiger partial charge in [-0.05, 0) is 6.07 Å². The number of methoxy groups -OCH3 is 1. The summed E-state index contributed by atoms with van der Waals surface area (Å²) in [4.78, 5) is 7.84. The van der Waals surface area contributed by atoms with Gasteiger partial charge in [0.25, 0.3) is 0 Å². The van der Waals surface area contributed by atoms with Gasteiger partial charge in [-0.25, -0.2) is 4.98 Å². The molecule has 0 radical (unpaired) electrons. The van der Waals surface area contributed by atoms with Crippen molar-refractivity contribution in [3.05, 3.63) is 41.9 Å². The standard InChI is InChI=1S/C11H9ClN2O2/c1-15-9-4-10(7-13-6-9)16-8-2-3-14-11(12)5-8/h2-7H,1H3. The second kappa shape index (κ2) is 4.81. The fraction of sp³-hybridized carbons (Fsp3) is 0.0909. The maximum absolute atomic E-state index is 5.74. The number of halogens is 1. The third-order valence-corrected chi connectivity index (χ3v) is 2.06. The van der Waals surface area contributed by atoms with Crippen molar-refractivity contribution in [2.45, 2.75) is 0 Å². The molecule has 2 heterocycles. The molecule has 0 bridgehead atoms. The third-order valence-electron chi connectivity index (χ3n) is 1.86. The summed E-state index contributed by atoms with van der Waals surface area (Å²) in [6.07, 6.45) is 4.77. The highest BCUT2D eigenvalue weighted by Crippen LogP contribution is 2.24. The predicted molar refractivity (Wildman–Crippen MR) is 60.1 cm³/mol. The number of nitrogens with zero attached hydrogens (tertiary/aromatic N) is 2. The first kappa shape index (κ1) is 10.7. The molecular weight excluding hydrogens is 228 g/mol. The Morgan fingerprint density at radius 1 is 1.12 bits per heavy atom. The second-order valence-corrected chi connectivity index (χ2v) is 3.36. The van der Waals surface area contributed by atoms with E-state index in [4.69, 9.17) is 21.1 Å². The average molecular weight is 237 g/mol. The Bertz CT molecular complexity index is 491. The minimum Gasteiger partial charge on any atom is -0.495 e. The van der Waals surface area contributed by atoms with E-state index in [1.54, 1.807) is 43.9 Å². The zero-order chi connectivity index (χ0) is 11.4. The lowest BCUT2D eigenvalue weighted by Gasteiger charge is -2.06. The van der Waals surface area contributed by atoms with E-state index in [0.717, 1.165) is 0 Å². The van der Waals surface area contributed by atoms with Crippen LogP contribution in [0.3, 0.4) is 0 Å². The van der Waals surface area contributed by atoms with Crippen molar-refractivity contribution in [3.8, 4) is 17.2 Å². The zero-order valence-corrected chi connectivity index (χ0v) is 9.31. The van der Waals surface area contributed by atoms with Gasteiger partial charge in [-0.1, -0.05) is 11.6 Å². The summed E-state index contributed by atoms with van der Waals surface area (Å²) in [5.41, 5.74) is 0. The van der Waals surface area contributed by atoms with E-state index in [9.17, 15) is 0 Å². The Kier molecular flexibility index (Phi) is 3.22. The van der Waals surface area contributed by atoms with Crippen molar-refractivity contribution in [1.29, 1.82) is 0 Å². The molecule has 0 unspecified atom stereocenters. The normalized spacial score (nSPS) is 9.88. The smallest absolute Gasteiger partial charge is 0.149 e. The van der Waals surface area contributed by atoms with E-state index in [2.05, 4.69) is 9.97 Å². The Morgan fingerprint density at radius 3 is 2.69 bits per heavy atom. The lowest BCUT2D eigenvalue weighted by atomic mass is 10.4. The molecule has 2 aromatic rings. The first-order valence-corrected chi connectivity index (χ1v) is 4.94. The van der Waals surface area contributed by atoms with Crippen LogP contribution in [0.2, 0.25) is 5.15 Å². The van der Waals surface area contributed by atoms with Crippen LogP contribution in [0.15, 0.2) is 36.8 Å². The van der Waals surface area contributed by atoms with Gasteiger partial charge in [0, 0.05) is 18.3 Å². The summed E-state index contributed by atoms with van der Waals surface area (Å²) in [5, 5.41) is 0.383. The van der Waals surface area contributed by atoms with E-state index >= 15 is 0 Å². The highest BCUT2D eigenvalue weighted by molar-refractivity contribution is 6.29. The van der Waals surface area contributed by atoms with Crippen LogP contribution < -0.4 is 9.47 Å². The number of ether oxygens (including phenoxy) is 2. The molecule has 0 aliphatic rings. The monoisotopic (exact) mass is 236 g/mol. The van der Waals surface area contributed by atoms with Crippen molar-refractivity contribution in [2.75, 3.05) is 7.11 Å². The summed E-state index contributed by atoms with van der Waals surface area (Å²) in [6, 6.07) is 5.08. The van der Waals surface area contributed by atoms with Gasteiger partial charge in [0.2, 0.25) is 0 Å². The molecule has 0 N–H and O–H groups in total. The Balaban J connectivity index is 2.20. The predicted octanol–water partition coefficient (Wildman–Crippen LogP) is 2.93. The number of hydrogen-bond donors (Lipinski definition) is 0. The lowest BCUT2D eigenvalue weighted by molar-refractivity contribution is 0.406. The summed E-state index contributed by atoms with van der Waals surface area (Å²) in [5.74, 6) is 1.83. The van der Waals surface area contributed by atoms with Gasteiger partial charge in [-0.2, -0.15) is 0 Å². The van der Waals surface area contributed by atoms with Gasteiger partial charge in [0.05, 0.1) is 19.5 Å². The molecule has 0 spiro atoms. The second-order valence-electron chi connectivity index (χ2n) is 2.98. The number of hydrogen-bond acceptors (Lipinski definition) is 4. The molecule has 82 valence electrons. The number of pyridine rings is 2. The first-order valence-electron chi connectivity index (χ1n) is 4.56.